The maximum atomic E-state index is 2.75. The van der Waals surface area contributed by atoms with E-state index in [1.54, 1.807) is 14.4 Å². The molecule has 3 aromatic rings. The predicted octanol–water partition coefficient (Wildman–Crippen LogP) is 5.52. The van der Waals surface area contributed by atoms with E-state index in [4.69, 9.17) is 0 Å². The molecule has 4 aliphatic rings. The summed E-state index contributed by atoms with van der Waals surface area (Å²) in [6.07, 6.45) is 13.4. The van der Waals surface area contributed by atoms with E-state index in [9.17, 15) is 0 Å². The molecule has 238 valence electrons. The Morgan fingerprint density at radius 1 is 0.674 bits per heavy atom. The van der Waals surface area contributed by atoms with Crippen molar-refractivity contribution >= 4 is 14.9 Å². The fraction of sp³-hybridized carbons (Fsp3) is 0.372. The van der Waals surface area contributed by atoms with Gasteiger partial charge in [0.25, 0.3) is 0 Å². The van der Waals surface area contributed by atoms with Crippen LogP contribution in [0.5, 0.6) is 0 Å². The first-order valence-electron chi connectivity index (χ1n) is 16.5. The van der Waals surface area contributed by atoms with Gasteiger partial charge in [-0.05, 0) is 0 Å². The summed E-state index contributed by atoms with van der Waals surface area (Å²) in [5, 5.41) is 0. The summed E-state index contributed by atoms with van der Waals surface area (Å²) < 4.78 is 4.92. The molecule has 3 aromatic carbocycles. The number of hydrogen-bond acceptors (Lipinski definition) is 0. The van der Waals surface area contributed by atoms with Crippen molar-refractivity contribution in [1.29, 1.82) is 0 Å². The Morgan fingerprint density at radius 3 is 1.57 bits per heavy atom. The van der Waals surface area contributed by atoms with Crippen molar-refractivity contribution < 1.29 is 46.1 Å². The summed E-state index contributed by atoms with van der Waals surface area (Å²) in [6.45, 7) is 24.0. The molecule has 4 aliphatic carbocycles. The molecule has 0 fully saturated rings. The molecule has 0 radical (unpaired) electrons. The summed E-state index contributed by atoms with van der Waals surface area (Å²) >= 11 is -2.44. The van der Waals surface area contributed by atoms with E-state index in [2.05, 4.69) is 158 Å². The Bertz CT molecular complexity index is 1780. The summed E-state index contributed by atoms with van der Waals surface area (Å²) in [5.74, 6) is 0. The normalized spacial score (nSPS) is 18.5. The second-order valence-electron chi connectivity index (χ2n) is 16.8. The summed E-state index contributed by atoms with van der Waals surface area (Å²) in [7, 11) is 0. The van der Waals surface area contributed by atoms with E-state index < -0.39 is 21.3 Å². The van der Waals surface area contributed by atoms with E-state index in [0.717, 1.165) is 6.42 Å². The Morgan fingerprint density at radius 2 is 1.15 bits per heavy atom. The average Bonchev–Trinajstić information content (AvgIpc) is 3.69. The van der Waals surface area contributed by atoms with Crippen molar-refractivity contribution in [2.45, 2.75) is 90.1 Å². The zero-order chi connectivity index (χ0) is 31.4. The molecule has 0 unspecified atom stereocenters. The van der Waals surface area contributed by atoms with Gasteiger partial charge in [-0.3, -0.25) is 0 Å². The molecule has 0 atom stereocenters. The molecule has 0 saturated carbocycles. The molecule has 7 rings (SSSR count). The van der Waals surface area contributed by atoms with Crippen LogP contribution in [0.3, 0.4) is 0 Å². The molecular formula is C43H48Cl2Zr. The second-order valence-corrected chi connectivity index (χ2v) is 22.7. The second kappa shape index (κ2) is 11.8. The number of fused-ring (bicyclic) bond motifs is 5. The molecular weight excluding hydrogens is 679 g/mol. The van der Waals surface area contributed by atoms with Crippen LogP contribution in [-0.4, -0.2) is 3.71 Å². The fourth-order valence-electron chi connectivity index (χ4n) is 8.22. The summed E-state index contributed by atoms with van der Waals surface area (Å²) in [4.78, 5) is 0. The van der Waals surface area contributed by atoms with Crippen molar-refractivity contribution in [3.05, 3.63) is 127 Å². The standard InChI is InChI=1S/C31H37.C7H6.C5H5.2ClH.Zr/c1-28(2,3)26-16-30(7,8)24-12-18-11-19-13-25-23(15-21(19)20(18)14-22(24)26)27(29(4,5)6)17-31(25,9)10;1-7-5-3-2-4-6-7;1-2-4-5-3-1;;;/h11-17H,1-10H3;1-6H;1-3H,4H2;2*1H;/q;;;;;+2/p-2. The largest absolute Gasteiger partial charge is 1.00 e. The van der Waals surface area contributed by atoms with Gasteiger partial charge in [0.2, 0.25) is 0 Å². The number of benzene rings is 3. The van der Waals surface area contributed by atoms with Crippen LogP contribution < -0.4 is 24.8 Å². The van der Waals surface area contributed by atoms with Crippen molar-refractivity contribution in [3.8, 4) is 11.1 Å². The molecule has 0 aliphatic heterocycles. The van der Waals surface area contributed by atoms with Crippen LogP contribution in [-0.2, 0) is 32.1 Å². The third kappa shape index (κ3) is 5.72. The monoisotopic (exact) mass is 724 g/mol. The van der Waals surface area contributed by atoms with Crippen LogP contribution in [0.2, 0.25) is 0 Å². The van der Waals surface area contributed by atoms with Gasteiger partial charge in [-0.1, -0.05) is 0 Å². The van der Waals surface area contributed by atoms with Crippen LogP contribution in [0.4, 0.5) is 0 Å². The van der Waals surface area contributed by atoms with Gasteiger partial charge in [0, 0.05) is 0 Å². The summed E-state index contributed by atoms with van der Waals surface area (Å²) in [5.41, 5.74) is 16.8. The van der Waals surface area contributed by atoms with Crippen LogP contribution in [0.25, 0.3) is 22.3 Å². The smallest absolute Gasteiger partial charge is 1.00 e. The van der Waals surface area contributed by atoms with Gasteiger partial charge in [-0.2, -0.15) is 0 Å². The van der Waals surface area contributed by atoms with E-state index in [1.165, 1.54) is 50.1 Å². The Labute approximate surface area is 298 Å². The van der Waals surface area contributed by atoms with E-state index in [1.807, 2.05) is 0 Å². The van der Waals surface area contributed by atoms with E-state index >= 15 is 0 Å². The first-order valence-corrected chi connectivity index (χ1v) is 20.6. The molecule has 0 bridgehead atoms. The van der Waals surface area contributed by atoms with Gasteiger partial charge in [0.1, 0.15) is 0 Å². The van der Waals surface area contributed by atoms with Gasteiger partial charge >= 0.3 is 275 Å². The Hall–Kier alpha value is -2.05. The first kappa shape index (κ1) is 35.3. The van der Waals surface area contributed by atoms with Crippen molar-refractivity contribution in [2.24, 2.45) is 10.8 Å². The Balaban J connectivity index is 0.00000208. The van der Waals surface area contributed by atoms with E-state index in [0.29, 0.717) is 3.63 Å². The van der Waals surface area contributed by atoms with Gasteiger partial charge in [0.05, 0.1) is 0 Å². The molecule has 3 heteroatoms. The number of rotatable bonds is 3. The van der Waals surface area contributed by atoms with Crippen molar-refractivity contribution in [1.82, 2.24) is 0 Å². The van der Waals surface area contributed by atoms with Crippen LogP contribution in [0, 0.1) is 10.8 Å². The molecule has 0 nitrogen and oxygen atoms in total. The molecule has 0 aromatic heterocycles. The number of allylic oxidation sites excluding steroid dienone is 8. The first-order chi connectivity index (χ1) is 20.6. The Kier molecular flexibility index (Phi) is 9.07. The van der Waals surface area contributed by atoms with Crippen molar-refractivity contribution in [2.75, 3.05) is 0 Å². The molecule has 0 saturated heterocycles. The third-order valence-electron chi connectivity index (χ3n) is 10.5. The molecule has 0 amide bonds. The van der Waals surface area contributed by atoms with Gasteiger partial charge in [-0.25, -0.2) is 0 Å². The maximum Gasteiger partial charge on any atom is -1.00 e. The predicted molar refractivity (Wildman–Crippen MR) is 188 cm³/mol. The van der Waals surface area contributed by atoms with Gasteiger partial charge < -0.3 is 24.8 Å². The minimum absolute atomic E-state index is 0. The molecule has 0 N–H and O–H groups in total. The number of hydrogen-bond donors (Lipinski definition) is 0. The maximum absolute atomic E-state index is 2.75. The van der Waals surface area contributed by atoms with Gasteiger partial charge in [0.15, 0.2) is 0 Å². The zero-order valence-corrected chi connectivity index (χ0v) is 33.2. The van der Waals surface area contributed by atoms with Crippen LogP contribution >= 0.6 is 0 Å². The van der Waals surface area contributed by atoms with Crippen LogP contribution in [0.1, 0.15) is 118 Å². The molecule has 0 spiro atoms. The third-order valence-corrected chi connectivity index (χ3v) is 17.8. The SMILES string of the molecule is CC(C)(C)C1=CC(C)(C)c2cc3c(cc21)-c1cc2c(cc1[CH]3/[Zr+2](=[CH]/c1ccccc1)[C]1=CC=CC1)C(C)(C)C=C2C(C)(C)C.[Cl-].[Cl-]. The van der Waals surface area contributed by atoms with E-state index in [-0.39, 0.29) is 46.5 Å². The van der Waals surface area contributed by atoms with Crippen LogP contribution in [0.15, 0.2) is 88.3 Å². The summed E-state index contributed by atoms with van der Waals surface area (Å²) in [6, 6.07) is 21.8. The minimum Gasteiger partial charge on any atom is -1.00 e. The average molecular weight is 727 g/mol. The molecule has 0 heterocycles. The van der Waals surface area contributed by atoms with Crippen molar-refractivity contribution in [3.63, 3.8) is 0 Å². The topological polar surface area (TPSA) is 0 Å². The number of halogens is 2. The van der Waals surface area contributed by atoms with Gasteiger partial charge in [-0.15, -0.1) is 0 Å². The molecule has 46 heavy (non-hydrogen) atoms. The fourth-order valence-corrected chi connectivity index (χ4v) is 15.7. The zero-order valence-electron chi connectivity index (χ0n) is 29.2. The quantitative estimate of drug-likeness (QED) is 0.334. The minimum atomic E-state index is -2.44.